The minimum absolute atomic E-state index is 0.134. The third kappa shape index (κ3) is 3.99. The Kier molecular flexibility index (Phi) is 5.25. The molecular weight excluding hydrogens is 426 g/mol. The molecule has 1 aliphatic heterocycles. The first-order valence-electron chi connectivity index (χ1n) is 8.13. The van der Waals surface area contributed by atoms with Crippen molar-refractivity contribution in [1.29, 1.82) is 0 Å². The summed E-state index contributed by atoms with van der Waals surface area (Å²) in [6.07, 6.45) is 1.57. The molecule has 0 amide bonds. The normalized spacial score (nSPS) is 12.1. The molecule has 6 nitrogen and oxygen atoms in total. The van der Waals surface area contributed by atoms with Crippen molar-refractivity contribution in [2.75, 3.05) is 17.4 Å². The van der Waals surface area contributed by atoms with Crippen molar-refractivity contribution in [2.24, 2.45) is 0 Å². The minimum Gasteiger partial charge on any atom is -0.454 e. The minimum atomic E-state index is -0.409. The Morgan fingerprint density at radius 3 is 2.79 bits per heavy atom. The molecule has 0 aliphatic carbocycles. The lowest BCUT2D eigenvalue weighted by molar-refractivity contribution is 0.174. The van der Waals surface area contributed by atoms with Crippen molar-refractivity contribution in [1.82, 2.24) is 9.78 Å². The first kappa shape index (κ1) is 18.8. The quantitative estimate of drug-likeness (QED) is 0.564. The molecule has 0 saturated heterocycles. The predicted octanol–water partition coefficient (Wildman–Crippen LogP) is 4.91. The van der Waals surface area contributed by atoms with Gasteiger partial charge in [-0.2, -0.15) is 5.10 Å². The zero-order chi connectivity index (χ0) is 19.7. The third-order valence-corrected chi connectivity index (χ3v) is 4.80. The Hall–Kier alpha value is -2.55. The molecule has 2 N–H and O–H groups in total. The molecule has 0 atom stereocenters. The van der Waals surface area contributed by atoms with Crippen LogP contribution in [0, 0.1) is 5.82 Å². The zero-order valence-electron chi connectivity index (χ0n) is 14.2. The molecule has 10 heteroatoms. The number of anilines is 2. The van der Waals surface area contributed by atoms with Crippen LogP contribution in [0.5, 0.6) is 11.5 Å². The second-order valence-corrected chi connectivity index (χ2v) is 7.09. The van der Waals surface area contributed by atoms with Crippen molar-refractivity contribution in [2.45, 2.75) is 6.54 Å². The maximum absolute atomic E-state index is 14.0. The highest BCUT2D eigenvalue weighted by molar-refractivity contribution is 7.80. The van der Waals surface area contributed by atoms with Gasteiger partial charge in [-0.05, 0) is 36.5 Å². The van der Waals surface area contributed by atoms with Crippen molar-refractivity contribution >= 4 is 52.0 Å². The van der Waals surface area contributed by atoms with E-state index in [2.05, 4.69) is 15.7 Å². The number of rotatable bonds is 4. The first-order chi connectivity index (χ1) is 13.5. The van der Waals surface area contributed by atoms with Crippen LogP contribution < -0.4 is 20.1 Å². The summed E-state index contributed by atoms with van der Waals surface area (Å²) in [5.74, 6) is 1.25. The van der Waals surface area contributed by atoms with Crippen LogP contribution in [0.15, 0.2) is 42.6 Å². The van der Waals surface area contributed by atoms with Gasteiger partial charge < -0.3 is 20.1 Å². The van der Waals surface area contributed by atoms with Gasteiger partial charge in [0.1, 0.15) is 10.8 Å². The van der Waals surface area contributed by atoms with Gasteiger partial charge in [-0.3, -0.25) is 4.68 Å². The van der Waals surface area contributed by atoms with Gasteiger partial charge in [0.15, 0.2) is 22.4 Å². The zero-order valence-corrected chi connectivity index (χ0v) is 16.5. The molecule has 1 aromatic heterocycles. The highest BCUT2D eigenvalue weighted by Gasteiger charge is 2.15. The Balaban J connectivity index is 1.44. The molecule has 0 saturated carbocycles. The summed E-state index contributed by atoms with van der Waals surface area (Å²) >= 11 is 17.6. The Morgan fingerprint density at radius 2 is 1.96 bits per heavy atom. The van der Waals surface area contributed by atoms with Crippen molar-refractivity contribution in [3.05, 3.63) is 64.0 Å². The van der Waals surface area contributed by atoms with Crippen LogP contribution in [0.3, 0.4) is 0 Å². The average molecular weight is 439 g/mol. The van der Waals surface area contributed by atoms with Crippen LogP contribution in [0.2, 0.25) is 10.0 Å². The fraction of sp³-hybridized carbons (Fsp3) is 0.111. The summed E-state index contributed by atoms with van der Waals surface area (Å²) in [6, 6.07) is 9.88. The van der Waals surface area contributed by atoms with E-state index in [0.29, 0.717) is 32.9 Å². The molecule has 4 rings (SSSR count). The Bertz CT molecular complexity index is 1040. The average Bonchev–Trinajstić information content (AvgIpc) is 3.24. The van der Waals surface area contributed by atoms with Gasteiger partial charge >= 0.3 is 0 Å². The van der Waals surface area contributed by atoms with Gasteiger partial charge in [-0.1, -0.05) is 29.3 Å². The molecule has 0 unspecified atom stereocenters. The van der Waals surface area contributed by atoms with E-state index in [1.165, 1.54) is 10.7 Å². The van der Waals surface area contributed by atoms with E-state index in [9.17, 15) is 4.39 Å². The molecule has 0 radical (unpaired) electrons. The Morgan fingerprint density at radius 1 is 1.14 bits per heavy atom. The topological polar surface area (TPSA) is 60.3 Å². The van der Waals surface area contributed by atoms with Gasteiger partial charge in [-0.25, -0.2) is 4.39 Å². The van der Waals surface area contributed by atoms with Gasteiger partial charge in [0.25, 0.3) is 0 Å². The summed E-state index contributed by atoms with van der Waals surface area (Å²) in [6.45, 7) is 0.329. The molecule has 0 fully saturated rings. The number of nitrogens with one attached hydrogen (secondary N) is 2. The molecule has 1 aliphatic rings. The summed E-state index contributed by atoms with van der Waals surface area (Å²) < 4.78 is 26.1. The van der Waals surface area contributed by atoms with E-state index >= 15 is 0 Å². The largest absolute Gasteiger partial charge is 0.454 e. The van der Waals surface area contributed by atoms with Crippen LogP contribution in [0.4, 0.5) is 15.9 Å². The van der Waals surface area contributed by atoms with E-state index in [0.717, 1.165) is 5.69 Å². The second-order valence-electron chi connectivity index (χ2n) is 5.87. The molecule has 3 aromatic rings. The van der Waals surface area contributed by atoms with Crippen molar-refractivity contribution < 1.29 is 13.9 Å². The number of aromatic nitrogens is 2. The highest BCUT2D eigenvalue weighted by atomic mass is 35.5. The molecule has 2 aromatic carbocycles. The standard InChI is InChI=1S/C18H13Cl2FN4O2S/c19-12-2-1-3-14(21)11(12)7-25-8-13(20)17(24-25)23-18(28)22-10-4-5-15-16(6-10)27-9-26-15/h1-6,8H,7,9H2,(H2,22,23,24,28). The summed E-state index contributed by atoms with van der Waals surface area (Å²) in [5.41, 5.74) is 1.05. The Labute approximate surface area is 175 Å². The number of nitrogens with zero attached hydrogens (tertiary/aromatic N) is 2. The maximum atomic E-state index is 14.0. The van der Waals surface area contributed by atoms with E-state index in [-0.39, 0.29) is 18.5 Å². The number of benzene rings is 2. The second kappa shape index (κ2) is 7.83. The van der Waals surface area contributed by atoms with E-state index in [4.69, 9.17) is 44.9 Å². The van der Waals surface area contributed by atoms with Crippen molar-refractivity contribution in [3.63, 3.8) is 0 Å². The first-order valence-corrected chi connectivity index (χ1v) is 9.29. The number of ether oxygens (including phenoxy) is 2. The fourth-order valence-corrected chi connectivity index (χ4v) is 3.29. The van der Waals surface area contributed by atoms with Crippen molar-refractivity contribution in [3.8, 4) is 11.5 Å². The van der Waals surface area contributed by atoms with Gasteiger partial charge in [0, 0.05) is 28.5 Å². The lowest BCUT2D eigenvalue weighted by Crippen LogP contribution is -2.19. The SMILES string of the molecule is Fc1cccc(Cl)c1Cn1cc(Cl)c(NC(=S)Nc2ccc3c(c2)OCO3)n1. The van der Waals surface area contributed by atoms with Crippen LogP contribution in [-0.2, 0) is 6.54 Å². The number of halogens is 3. The summed E-state index contributed by atoms with van der Waals surface area (Å²) in [5, 5.41) is 11.2. The van der Waals surface area contributed by atoms with E-state index < -0.39 is 5.82 Å². The number of thiocarbonyl (C=S) groups is 1. The molecule has 144 valence electrons. The number of hydrogen-bond donors (Lipinski definition) is 2. The molecule has 28 heavy (non-hydrogen) atoms. The highest BCUT2D eigenvalue weighted by Crippen LogP contribution is 2.34. The van der Waals surface area contributed by atoms with Gasteiger partial charge in [0.2, 0.25) is 6.79 Å². The van der Waals surface area contributed by atoms with Crippen LogP contribution >= 0.6 is 35.4 Å². The van der Waals surface area contributed by atoms with Crippen LogP contribution in [0.1, 0.15) is 5.56 Å². The van der Waals surface area contributed by atoms with E-state index in [1.54, 1.807) is 30.5 Å². The lowest BCUT2D eigenvalue weighted by Gasteiger charge is -2.09. The smallest absolute Gasteiger partial charge is 0.231 e. The monoisotopic (exact) mass is 438 g/mol. The fourth-order valence-electron chi connectivity index (χ4n) is 2.65. The van der Waals surface area contributed by atoms with Gasteiger partial charge in [0.05, 0.1) is 6.54 Å². The molecule has 2 heterocycles. The maximum Gasteiger partial charge on any atom is 0.231 e. The molecule has 0 bridgehead atoms. The van der Waals surface area contributed by atoms with Crippen LogP contribution in [-0.4, -0.2) is 21.7 Å². The lowest BCUT2D eigenvalue weighted by atomic mass is 10.2. The summed E-state index contributed by atoms with van der Waals surface area (Å²) in [4.78, 5) is 0. The number of fused-ring (bicyclic) bond motifs is 1. The summed E-state index contributed by atoms with van der Waals surface area (Å²) in [7, 11) is 0. The third-order valence-electron chi connectivity index (χ3n) is 3.96. The molecular formula is C18H13Cl2FN4O2S. The number of hydrogen-bond acceptors (Lipinski definition) is 4. The predicted molar refractivity (Wildman–Crippen MR) is 110 cm³/mol. The van der Waals surface area contributed by atoms with E-state index in [1.807, 2.05) is 6.07 Å². The van der Waals surface area contributed by atoms with Gasteiger partial charge in [-0.15, -0.1) is 0 Å². The van der Waals surface area contributed by atoms with Crippen LogP contribution in [0.25, 0.3) is 0 Å². The molecule has 0 spiro atoms.